The number of hydrogen-bond acceptors (Lipinski definition) is 2. The lowest BCUT2D eigenvalue weighted by Gasteiger charge is -2.08. The number of ether oxygens (including phenoxy) is 1. The summed E-state index contributed by atoms with van der Waals surface area (Å²) in [6.07, 6.45) is 0. The van der Waals surface area contributed by atoms with Crippen LogP contribution in [0.3, 0.4) is 0 Å². The molecule has 0 aliphatic heterocycles. The Morgan fingerprint density at radius 2 is 1.94 bits per heavy atom. The van der Waals surface area contributed by atoms with Gasteiger partial charge in [-0.15, -0.1) is 0 Å². The summed E-state index contributed by atoms with van der Waals surface area (Å²) in [4.78, 5) is 0. The monoisotopic (exact) mass is 227 g/mol. The molecule has 17 heavy (non-hydrogen) atoms. The third kappa shape index (κ3) is 2.43. The van der Waals surface area contributed by atoms with Crippen molar-refractivity contribution in [3.8, 4) is 17.6 Å². The van der Waals surface area contributed by atoms with Crippen LogP contribution in [0.4, 0.5) is 4.39 Å². The van der Waals surface area contributed by atoms with Crippen molar-refractivity contribution in [2.45, 2.75) is 6.92 Å². The van der Waals surface area contributed by atoms with Crippen LogP contribution >= 0.6 is 0 Å². The molecule has 0 aliphatic carbocycles. The number of aryl methyl sites for hydroxylation is 1. The van der Waals surface area contributed by atoms with Crippen molar-refractivity contribution in [1.82, 2.24) is 0 Å². The van der Waals surface area contributed by atoms with Crippen molar-refractivity contribution in [2.24, 2.45) is 0 Å². The molecule has 0 fully saturated rings. The summed E-state index contributed by atoms with van der Waals surface area (Å²) in [7, 11) is 0. The SMILES string of the molecule is Cc1cccc(Oc2cccc(F)c2C#N)c1. The minimum Gasteiger partial charge on any atom is -0.456 e. The summed E-state index contributed by atoms with van der Waals surface area (Å²) < 4.78 is 18.8. The second-order valence-electron chi connectivity index (χ2n) is 3.64. The van der Waals surface area contributed by atoms with Crippen molar-refractivity contribution in [2.75, 3.05) is 0 Å². The van der Waals surface area contributed by atoms with Crippen LogP contribution in [0.25, 0.3) is 0 Å². The van der Waals surface area contributed by atoms with E-state index in [1.807, 2.05) is 25.1 Å². The van der Waals surface area contributed by atoms with Gasteiger partial charge in [-0.3, -0.25) is 0 Å². The summed E-state index contributed by atoms with van der Waals surface area (Å²) in [5.41, 5.74) is 0.964. The molecule has 0 bridgehead atoms. The Balaban J connectivity index is 2.37. The van der Waals surface area contributed by atoms with Crippen molar-refractivity contribution >= 4 is 0 Å². The molecule has 84 valence electrons. The molecule has 0 radical (unpaired) electrons. The number of nitriles is 1. The average molecular weight is 227 g/mol. The van der Waals surface area contributed by atoms with Gasteiger partial charge in [0.25, 0.3) is 0 Å². The highest BCUT2D eigenvalue weighted by atomic mass is 19.1. The van der Waals surface area contributed by atoms with E-state index in [9.17, 15) is 4.39 Å². The van der Waals surface area contributed by atoms with Crippen LogP contribution in [0.1, 0.15) is 11.1 Å². The molecule has 0 amide bonds. The first kappa shape index (κ1) is 11.2. The van der Waals surface area contributed by atoms with Gasteiger partial charge in [-0.05, 0) is 36.8 Å². The van der Waals surface area contributed by atoms with E-state index in [0.717, 1.165) is 5.56 Å². The molecular formula is C14H10FNO. The van der Waals surface area contributed by atoms with Crippen LogP contribution in [0.5, 0.6) is 11.5 Å². The largest absolute Gasteiger partial charge is 0.456 e. The molecule has 2 aromatic carbocycles. The molecule has 2 nitrogen and oxygen atoms in total. The van der Waals surface area contributed by atoms with Gasteiger partial charge in [-0.1, -0.05) is 18.2 Å². The van der Waals surface area contributed by atoms with Crippen molar-refractivity contribution in [1.29, 1.82) is 5.26 Å². The highest BCUT2D eigenvalue weighted by molar-refractivity contribution is 5.46. The first-order valence-electron chi connectivity index (χ1n) is 5.14. The number of hydrogen-bond donors (Lipinski definition) is 0. The summed E-state index contributed by atoms with van der Waals surface area (Å²) in [5.74, 6) is 0.253. The van der Waals surface area contributed by atoms with Gasteiger partial charge in [0.2, 0.25) is 0 Å². The summed E-state index contributed by atoms with van der Waals surface area (Å²) in [6.45, 7) is 1.93. The van der Waals surface area contributed by atoms with Crippen molar-refractivity contribution in [3.63, 3.8) is 0 Å². The van der Waals surface area contributed by atoms with Gasteiger partial charge in [0.05, 0.1) is 0 Å². The highest BCUT2D eigenvalue weighted by Gasteiger charge is 2.09. The molecule has 2 aromatic rings. The third-order valence-corrected chi connectivity index (χ3v) is 2.30. The normalized spacial score (nSPS) is 9.71. The molecule has 0 unspecified atom stereocenters. The molecule has 0 N–H and O–H groups in total. The Bertz CT molecular complexity index is 587. The number of halogens is 1. The fraction of sp³-hybridized carbons (Fsp3) is 0.0714. The lowest BCUT2D eigenvalue weighted by molar-refractivity contribution is 0.474. The summed E-state index contributed by atoms with van der Waals surface area (Å²) in [5, 5.41) is 8.86. The Hall–Kier alpha value is -2.34. The molecule has 0 aromatic heterocycles. The van der Waals surface area contributed by atoms with Gasteiger partial charge in [-0.25, -0.2) is 4.39 Å². The van der Waals surface area contributed by atoms with E-state index >= 15 is 0 Å². The van der Waals surface area contributed by atoms with Crippen LogP contribution in [0.15, 0.2) is 42.5 Å². The first-order valence-corrected chi connectivity index (χ1v) is 5.14. The van der Waals surface area contributed by atoms with E-state index < -0.39 is 5.82 Å². The molecule has 0 spiro atoms. The van der Waals surface area contributed by atoms with Gasteiger partial charge in [0.1, 0.15) is 28.9 Å². The fourth-order valence-electron chi connectivity index (χ4n) is 1.50. The smallest absolute Gasteiger partial charge is 0.148 e. The van der Waals surface area contributed by atoms with E-state index in [1.54, 1.807) is 18.2 Å². The second kappa shape index (κ2) is 4.67. The average Bonchev–Trinajstić information content (AvgIpc) is 2.29. The zero-order valence-electron chi connectivity index (χ0n) is 9.27. The van der Waals surface area contributed by atoms with Crippen LogP contribution in [-0.4, -0.2) is 0 Å². The van der Waals surface area contributed by atoms with E-state index in [0.29, 0.717) is 5.75 Å². The van der Waals surface area contributed by atoms with E-state index in [4.69, 9.17) is 10.00 Å². The predicted octanol–water partition coefficient (Wildman–Crippen LogP) is 3.80. The standard InChI is InChI=1S/C14H10FNO/c1-10-4-2-5-11(8-10)17-14-7-3-6-13(15)12(14)9-16/h2-8H,1H3. The molecular weight excluding hydrogens is 217 g/mol. The summed E-state index contributed by atoms with van der Waals surface area (Å²) in [6, 6.07) is 13.5. The quantitative estimate of drug-likeness (QED) is 0.781. The molecule has 0 heterocycles. The van der Waals surface area contributed by atoms with Gasteiger partial charge in [-0.2, -0.15) is 5.26 Å². The Kier molecular flexibility index (Phi) is 3.06. The van der Waals surface area contributed by atoms with Gasteiger partial charge >= 0.3 is 0 Å². The van der Waals surface area contributed by atoms with E-state index in [1.165, 1.54) is 12.1 Å². The first-order chi connectivity index (χ1) is 8.20. The minimum atomic E-state index is -0.572. The van der Waals surface area contributed by atoms with Gasteiger partial charge in [0, 0.05) is 0 Å². The van der Waals surface area contributed by atoms with Crippen LogP contribution < -0.4 is 4.74 Å². The fourth-order valence-corrected chi connectivity index (χ4v) is 1.50. The third-order valence-electron chi connectivity index (χ3n) is 2.30. The maximum absolute atomic E-state index is 13.3. The molecule has 0 saturated heterocycles. The maximum Gasteiger partial charge on any atom is 0.148 e. The number of rotatable bonds is 2. The molecule has 0 aliphatic rings. The summed E-state index contributed by atoms with van der Waals surface area (Å²) >= 11 is 0. The van der Waals surface area contributed by atoms with E-state index in [-0.39, 0.29) is 11.3 Å². The lowest BCUT2D eigenvalue weighted by atomic mass is 10.2. The second-order valence-corrected chi connectivity index (χ2v) is 3.64. The Morgan fingerprint density at radius 1 is 1.18 bits per heavy atom. The van der Waals surface area contributed by atoms with Gasteiger partial charge < -0.3 is 4.74 Å². The zero-order valence-corrected chi connectivity index (χ0v) is 9.27. The maximum atomic E-state index is 13.3. The topological polar surface area (TPSA) is 33.0 Å². The molecule has 0 saturated carbocycles. The van der Waals surface area contributed by atoms with Crippen molar-refractivity contribution < 1.29 is 9.13 Å². The minimum absolute atomic E-state index is 0.0750. The predicted molar refractivity (Wildman–Crippen MR) is 62.4 cm³/mol. The molecule has 2 rings (SSSR count). The van der Waals surface area contributed by atoms with Crippen LogP contribution in [0.2, 0.25) is 0 Å². The Morgan fingerprint density at radius 3 is 2.65 bits per heavy atom. The zero-order chi connectivity index (χ0) is 12.3. The van der Waals surface area contributed by atoms with Crippen molar-refractivity contribution in [3.05, 3.63) is 59.4 Å². The van der Waals surface area contributed by atoms with Crippen LogP contribution in [0, 0.1) is 24.1 Å². The lowest BCUT2D eigenvalue weighted by Crippen LogP contribution is -1.91. The molecule has 0 atom stereocenters. The number of benzene rings is 2. The van der Waals surface area contributed by atoms with Crippen LogP contribution in [-0.2, 0) is 0 Å². The van der Waals surface area contributed by atoms with Gasteiger partial charge in [0.15, 0.2) is 0 Å². The highest BCUT2D eigenvalue weighted by Crippen LogP contribution is 2.26. The Labute approximate surface area is 98.9 Å². The molecule has 3 heteroatoms. The van der Waals surface area contributed by atoms with E-state index in [2.05, 4.69) is 0 Å². The number of nitrogens with zero attached hydrogens (tertiary/aromatic N) is 1.